The fourth-order valence-electron chi connectivity index (χ4n) is 8.59. The van der Waals surface area contributed by atoms with Crippen LogP contribution in [0.25, 0.3) is 22.3 Å². The van der Waals surface area contributed by atoms with Crippen LogP contribution >= 0.6 is 0 Å². The van der Waals surface area contributed by atoms with E-state index in [1.165, 1.54) is 55.6 Å². The van der Waals surface area contributed by atoms with Crippen LogP contribution in [0.4, 0.5) is 21.0 Å². The normalized spacial score (nSPS) is 11.7. The Morgan fingerprint density at radius 1 is 0.420 bits per heavy atom. The van der Waals surface area contributed by atoms with Crippen molar-refractivity contribution in [1.29, 1.82) is 0 Å². The topological polar surface area (TPSA) is 251 Å². The molecule has 0 heterocycles. The van der Waals surface area contributed by atoms with Crippen LogP contribution in [0.3, 0.4) is 0 Å². The maximum absolute atomic E-state index is 13.2. The number of nitrogens with one attached hydrogen (secondary N) is 4. The third-order valence-electron chi connectivity index (χ3n) is 12.6. The smallest absolute Gasteiger partial charge is 0.328 e. The molecule has 18 nitrogen and oxygen atoms in total. The Morgan fingerprint density at radius 3 is 1.10 bits per heavy atom. The number of hydrogen-bond donors (Lipinski definition) is 5. The molecule has 8 aromatic rings. The zero-order valence-electron chi connectivity index (χ0n) is 44.6. The van der Waals surface area contributed by atoms with Crippen molar-refractivity contribution in [3.8, 4) is 45.3 Å². The largest absolute Gasteiger partial charge is 0.496 e. The Hall–Kier alpha value is -9.66. The zero-order valence-corrected chi connectivity index (χ0v) is 46.2. The summed E-state index contributed by atoms with van der Waals surface area (Å²) in [4.78, 5) is 50.3. The highest BCUT2D eigenvalue weighted by molar-refractivity contribution is 7.92. The molecule has 2 atom stereocenters. The van der Waals surface area contributed by atoms with Gasteiger partial charge in [-0.1, -0.05) is 121 Å². The predicted octanol–water partition coefficient (Wildman–Crippen LogP) is 10.1. The molecule has 0 saturated heterocycles. The number of rotatable bonds is 20. The van der Waals surface area contributed by atoms with E-state index in [0.29, 0.717) is 28.6 Å². The summed E-state index contributed by atoms with van der Waals surface area (Å²) in [5.74, 6) is 0.665. The van der Waals surface area contributed by atoms with Crippen LogP contribution in [0, 0.1) is 0 Å². The monoisotopic (exact) mass is 1130 g/mol. The summed E-state index contributed by atoms with van der Waals surface area (Å²) in [6.07, 6.45) is 0.128. The highest BCUT2D eigenvalue weighted by Gasteiger charge is 2.27. The first kappa shape index (κ1) is 59.0. The molecule has 418 valence electrons. The van der Waals surface area contributed by atoms with Gasteiger partial charge in [0.25, 0.3) is 0 Å². The first-order valence-electron chi connectivity index (χ1n) is 24.9. The average Bonchev–Trinajstić information content (AvgIpc) is 3.55. The van der Waals surface area contributed by atoms with Crippen molar-refractivity contribution >= 4 is 55.1 Å². The fraction of sp³-hybridized carbons (Fsp3) is 0.148. The quantitative estimate of drug-likeness (QED) is 0.0446. The number of amides is 4. The second-order valence-corrected chi connectivity index (χ2v) is 21.5. The number of benzene rings is 8. The molecule has 5 N–H and O–H groups in total. The minimum atomic E-state index is -3.92. The Morgan fingerprint density at radius 2 is 0.753 bits per heavy atom. The van der Waals surface area contributed by atoms with E-state index in [1.54, 1.807) is 101 Å². The summed E-state index contributed by atoms with van der Waals surface area (Å²) >= 11 is 0. The molecule has 4 amide bonds. The first-order chi connectivity index (χ1) is 39.0. The van der Waals surface area contributed by atoms with Crippen LogP contribution in [0.15, 0.2) is 214 Å². The van der Waals surface area contributed by atoms with E-state index in [-0.39, 0.29) is 43.8 Å². The number of carboxylic acids is 1. The number of methoxy groups -OCH3 is 5. The second kappa shape index (κ2) is 27.3. The average molecular weight is 1140 g/mol. The van der Waals surface area contributed by atoms with Crippen LogP contribution < -0.4 is 40.2 Å². The van der Waals surface area contributed by atoms with Crippen LogP contribution in [0.1, 0.15) is 11.1 Å². The second-order valence-electron chi connectivity index (χ2n) is 17.7. The fourth-order valence-corrected chi connectivity index (χ4v) is 11.5. The lowest BCUT2D eigenvalue weighted by molar-refractivity contribution is -0.143. The number of para-hydroxylation sites is 2. The molecule has 8 aromatic carbocycles. The number of hydrogen-bond acceptors (Lipinski definition) is 13. The third kappa shape index (κ3) is 14.5. The van der Waals surface area contributed by atoms with E-state index in [4.69, 9.17) is 23.7 Å². The van der Waals surface area contributed by atoms with Gasteiger partial charge in [0, 0.05) is 12.8 Å². The number of carbonyl (C=O) groups excluding carboxylic acids is 3. The van der Waals surface area contributed by atoms with Gasteiger partial charge in [0.1, 0.15) is 35.1 Å². The van der Waals surface area contributed by atoms with Crippen LogP contribution in [0.5, 0.6) is 23.0 Å². The van der Waals surface area contributed by atoms with Crippen LogP contribution in [-0.4, -0.2) is 93.6 Å². The van der Waals surface area contributed by atoms with Crippen molar-refractivity contribution in [2.45, 2.75) is 44.5 Å². The summed E-state index contributed by atoms with van der Waals surface area (Å²) in [7, 11) is -0.297. The molecule has 0 aliphatic carbocycles. The lowest BCUT2D eigenvalue weighted by atomic mass is 9.99. The van der Waals surface area contributed by atoms with Gasteiger partial charge in [0.15, 0.2) is 0 Å². The van der Waals surface area contributed by atoms with Gasteiger partial charge in [-0.05, 0) is 95.1 Å². The maximum Gasteiger partial charge on any atom is 0.328 e. The van der Waals surface area contributed by atoms with Gasteiger partial charge >= 0.3 is 24.0 Å². The first-order valence-corrected chi connectivity index (χ1v) is 27.8. The SMILES string of the molecule is COC(=O)[C@H](Cc1ccc(-c2c(OC)cccc2OC)cc1)NC(=O)Nc1ccccc1S(=O)(=O)c1ccccc1.COc1cccc(OC)c1-c1ccc(C[C@H](NC(=O)Nc2ccccc2S(=O)(=O)c2ccccc2)C(=O)O)cc1. The van der Waals surface area contributed by atoms with Gasteiger partial charge in [0.05, 0.1) is 77.6 Å². The number of aliphatic carboxylic acids is 1. The molecule has 8 rings (SSSR count). The van der Waals surface area contributed by atoms with Crippen LogP contribution in [0.2, 0.25) is 0 Å². The highest BCUT2D eigenvalue weighted by atomic mass is 32.2. The van der Waals surface area contributed by atoms with Gasteiger partial charge in [0.2, 0.25) is 19.7 Å². The molecular weight excluding hydrogens is 1080 g/mol. The van der Waals surface area contributed by atoms with E-state index in [2.05, 4.69) is 21.3 Å². The summed E-state index contributed by atoms with van der Waals surface area (Å²) in [5, 5.41) is 19.9. The molecule has 81 heavy (non-hydrogen) atoms. The van der Waals surface area contributed by atoms with E-state index in [0.717, 1.165) is 27.8 Å². The Balaban J connectivity index is 0.000000234. The standard InChI is InChI=1S/C31H30N2O7S.C30H28N2O7S/c1-38-26-13-9-14-27(39-2)29(26)22-18-16-21(17-19-22)20-25(30(34)40-3)33-31(35)32-24-12-7-8-15-28(24)41(36,37)23-10-5-4-6-11-23;1-38-25-12-8-13-26(39-2)28(25)21-17-15-20(16-18-21)19-24(29(33)34)32-30(35)31-23-11-6-7-14-27(23)40(36,37)22-9-4-3-5-10-22/h4-19,25H,20H2,1-3H3,(H2,32,33,35);3-18,24H,19H2,1-2H3,(H,33,34)(H2,31,32,35)/t25-;24-/m00/s1. The number of sulfone groups is 2. The molecule has 0 aliphatic heterocycles. The van der Waals surface area contributed by atoms with Gasteiger partial charge in [-0.15, -0.1) is 0 Å². The predicted molar refractivity (Wildman–Crippen MR) is 306 cm³/mol. The van der Waals surface area contributed by atoms with Gasteiger partial charge < -0.3 is 50.1 Å². The van der Waals surface area contributed by atoms with E-state index in [9.17, 15) is 41.1 Å². The van der Waals surface area contributed by atoms with Gasteiger partial charge in [-0.3, -0.25) is 0 Å². The molecule has 0 unspecified atom stereocenters. The van der Waals surface area contributed by atoms with Gasteiger partial charge in [-0.2, -0.15) is 0 Å². The minimum absolute atomic E-state index is 0.00392. The Kier molecular flexibility index (Phi) is 19.9. The third-order valence-corrected chi connectivity index (χ3v) is 16.2. The number of urea groups is 2. The summed E-state index contributed by atoms with van der Waals surface area (Å²) in [5.41, 5.74) is 4.73. The van der Waals surface area contributed by atoms with Crippen molar-refractivity contribution in [3.63, 3.8) is 0 Å². The van der Waals surface area contributed by atoms with Crippen molar-refractivity contribution in [2.24, 2.45) is 0 Å². The maximum atomic E-state index is 13.2. The van der Waals surface area contributed by atoms with Crippen molar-refractivity contribution in [1.82, 2.24) is 10.6 Å². The van der Waals surface area contributed by atoms with E-state index >= 15 is 0 Å². The lowest BCUT2D eigenvalue weighted by Gasteiger charge is -2.19. The van der Waals surface area contributed by atoms with E-state index in [1.807, 2.05) is 72.8 Å². The molecule has 0 fully saturated rings. The van der Waals surface area contributed by atoms with E-state index < -0.39 is 55.8 Å². The van der Waals surface area contributed by atoms with Gasteiger partial charge in [-0.25, -0.2) is 36.0 Å². The molecular formula is C61H58N4O14S2. The van der Waals surface area contributed by atoms with Crippen LogP contribution in [-0.2, 0) is 46.8 Å². The Labute approximate surface area is 469 Å². The lowest BCUT2D eigenvalue weighted by Crippen LogP contribution is -2.45. The highest BCUT2D eigenvalue weighted by Crippen LogP contribution is 2.40. The van der Waals surface area contributed by atoms with Crippen molar-refractivity contribution < 1.29 is 64.8 Å². The minimum Gasteiger partial charge on any atom is -0.496 e. The zero-order chi connectivity index (χ0) is 58.1. The molecule has 20 heteroatoms. The number of carbonyl (C=O) groups is 4. The number of anilines is 2. The van der Waals surface area contributed by atoms with Crippen molar-refractivity contribution in [3.05, 3.63) is 205 Å². The molecule has 0 saturated carbocycles. The summed E-state index contributed by atoms with van der Waals surface area (Å²) < 4.78 is 79.5. The summed E-state index contributed by atoms with van der Waals surface area (Å²) in [6, 6.07) is 49.4. The molecule has 0 spiro atoms. The molecule has 0 aliphatic rings. The molecule has 0 radical (unpaired) electrons. The Bertz CT molecular complexity index is 3670. The number of esters is 1. The molecule has 0 aromatic heterocycles. The number of ether oxygens (including phenoxy) is 5. The molecule has 0 bridgehead atoms. The summed E-state index contributed by atoms with van der Waals surface area (Å²) in [6.45, 7) is 0. The van der Waals surface area contributed by atoms with Crippen molar-refractivity contribution in [2.75, 3.05) is 46.2 Å². The number of carboxylic acid groups (broad SMARTS) is 1.